The summed E-state index contributed by atoms with van der Waals surface area (Å²) in [6, 6.07) is 0. The van der Waals surface area contributed by atoms with Crippen molar-refractivity contribution in [2.75, 3.05) is 54.4 Å². The van der Waals surface area contributed by atoms with Crippen LogP contribution in [0, 0.1) is 5.41 Å². The van der Waals surface area contributed by atoms with E-state index in [1.165, 1.54) is 60.8 Å². The van der Waals surface area contributed by atoms with Gasteiger partial charge in [0, 0.05) is 0 Å². The predicted molar refractivity (Wildman–Crippen MR) is 68.5 cm³/mol. The van der Waals surface area contributed by atoms with Crippen LogP contribution in [-0.4, -0.2) is 74.3 Å². The van der Waals surface area contributed by atoms with Crippen LogP contribution >= 0.6 is 0 Å². The maximum absolute atomic E-state index is 2.41. The molecule has 2 rings (SSSR count). The SMILES string of the molecule is C[N+]1(C)CCCC2(CCC[N+](C)(C)C2)C1.[OH-].[OH-]. The number of piperidine rings is 2. The second-order valence-electron chi connectivity index (χ2n) is 7.34. The molecule has 4 heteroatoms. The molecular formula is C13H30N2O2. The second kappa shape index (κ2) is 5.22. The molecule has 2 heterocycles. The predicted octanol–water partition coefficient (Wildman–Crippen LogP) is 1.36. The van der Waals surface area contributed by atoms with Crippen molar-refractivity contribution in [1.82, 2.24) is 0 Å². The molecule has 1 spiro atoms. The van der Waals surface area contributed by atoms with Crippen molar-refractivity contribution in [2.24, 2.45) is 5.41 Å². The van der Waals surface area contributed by atoms with Gasteiger partial charge in [0.1, 0.15) is 0 Å². The Kier molecular flexibility index (Phi) is 5.18. The van der Waals surface area contributed by atoms with Crippen molar-refractivity contribution in [3.05, 3.63) is 0 Å². The highest BCUT2D eigenvalue weighted by Crippen LogP contribution is 2.41. The van der Waals surface area contributed by atoms with Gasteiger partial charge in [-0.1, -0.05) is 0 Å². The molecule has 0 aromatic carbocycles. The molecule has 0 amide bonds. The zero-order valence-electron chi connectivity index (χ0n) is 11.9. The van der Waals surface area contributed by atoms with Crippen LogP contribution in [0.25, 0.3) is 0 Å². The van der Waals surface area contributed by atoms with Gasteiger partial charge in [0.2, 0.25) is 0 Å². The molecule has 2 fully saturated rings. The lowest BCUT2D eigenvalue weighted by molar-refractivity contribution is -0.932. The minimum Gasteiger partial charge on any atom is -0.870 e. The summed E-state index contributed by atoms with van der Waals surface area (Å²) >= 11 is 0. The van der Waals surface area contributed by atoms with Gasteiger partial charge in [-0.15, -0.1) is 0 Å². The van der Waals surface area contributed by atoms with E-state index in [2.05, 4.69) is 28.2 Å². The second-order valence-corrected chi connectivity index (χ2v) is 7.34. The number of likely N-dealkylation sites (tertiary alicyclic amines) is 2. The molecule has 0 radical (unpaired) electrons. The van der Waals surface area contributed by atoms with Crippen molar-refractivity contribution in [2.45, 2.75) is 25.7 Å². The lowest BCUT2D eigenvalue weighted by atomic mass is 9.72. The van der Waals surface area contributed by atoms with E-state index < -0.39 is 0 Å². The monoisotopic (exact) mass is 246 g/mol. The Balaban J connectivity index is 0.00000128. The molecule has 0 saturated carbocycles. The minimum absolute atomic E-state index is 0. The van der Waals surface area contributed by atoms with Crippen molar-refractivity contribution in [1.29, 1.82) is 0 Å². The average molecular weight is 246 g/mol. The smallest absolute Gasteiger partial charge is 0.0894 e. The van der Waals surface area contributed by atoms with Crippen molar-refractivity contribution in [3.8, 4) is 0 Å². The Morgan fingerprint density at radius 3 is 1.35 bits per heavy atom. The molecule has 0 aromatic heterocycles. The Morgan fingerprint density at radius 1 is 0.706 bits per heavy atom. The summed E-state index contributed by atoms with van der Waals surface area (Å²) in [7, 11) is 9.65. The Bertz CT molecular complexity index is 226. The number of rotatable bonds is 0. The van der Waals surface area contributed by atoms with Crippen LogP contribution in [0.1, 0.15) is 25.7 Å². The van der Waals surface area contributed by atoms with Gasteiger partial charge >= 0.3 is 0 Å². The molecule has 2 aliphatic heterocycles. The van der Waals surface area contributed by atoms with Crippen LogP contribution in [0.3, 0.4) is 0 Å². The number of nitrogens with zero attached hydrogens (tertiary/aromatic N) is 2. The molecule has 2 aliphatic rings. The Morgan fingerprint density at radius 2 is 1.06 bits per heavy atom. The van der Waals surface area contributed by atoms with Gasteiger partial charge in [0.25, 0.3) is 0 Å². The first-order valence-corrected chi connectivity index (χ1v) is 6.47. The van der Waals surface area contributed by atoms with Crippen molar-refractivity contribution in [3.63, 3.8) is 0 Å². The fraction of sp³-hybridized carbons (Fsp3) is 1.00. The van der Waals surface area contributed by atoms with Crippen LogP contribution in [-0.2, 0) is 0 Å². The third-order valence-corrected chi connectivity index (χ3v) is 4.47. The molecule has 0 bridgehead atoms. The number of hydrogen-bond donors (Lipinski definition) is 0. The van der Waals surface area contributed by atoms with Gasteiger partial charge in [-0.25, -0.2) is 0 Å². The fourth-order valence-corrected chi connectivity index (χ4v) is 4.23. The largest absolute Gasteiger partial charge is 0.870 e. The summed E-state index contributed by atoms with van der Waals surface area (Å²) in [5.74, 6) is 0. The van der Waals surface area contributed by atoms with Crippen LogP contribution < -0.4 is 0 Å². The highest BCUT2D eigenvalue weighted by molar-refractivity contribution is 4.84. The van der Waals surface area contributed by atoms with E-state index in [9.17, 15) is 0 Å². The molecule has 104 valence electrons. The standard InChI is InChI=1S/C13H28N2.2H2O/c1-14(2)9-5-7-13(11-14)8-6-10-15(3,4)12-13;;/h5-12H2,1-4H3;2*1H2/q+2;;/p-2. The highest BCUT2D eigenvalue weighted by Gasteiger charge is 2.47. The van der Waals surface area contributed by atoms with E-state index in [0.29, 0.717) is 5.41 Å². The van der Waals surface area contributed by atoms with Gasteiger partial charge < -0.3 is 19.9 Å². The average Bonchev–Trinajstić information content (AvgIpc) is 1.98. The van der Waals surface area contributed by atoms with Gasteiger partial charge in [-0.05, 0) is 25.7 Å². The van der Waals surface area contributed by atoms with E-state index in [4.69, 9.17) is 0 Å². The minimum atomic E-state index is 0. The van der Waals surface area contributed by atoms with Crippen LogP contribution in [0.2, 0.25) is 0 Å². The van der Waals surface area contributed by atoms with E-state index in [-0.39, 0.29) is 11.0 Å². The molecule has 0 aromatic rings. The molecule has 2 saturated heterocycles. The van der Waals surface area contributed by atoms with Gasteiger partial charge in [0.05, 0.1) is 59.8 Å². The lowest BCUT2D eigenvalue weighted by Gasteiger charge is -2.51. The molecule has 0 atom stereocenters. The summed E-state index contributed by atoms with van der Waals surface area (Å²) in [6.07, 6.45) is 5.84. The summed E-state index contributed by atoms with van der Waals surface area (Å²) < 4.78 is 2.50. The maximum Gasteiger partial charge on any atom is 0.0894 e. The summed E-state index contributed by atoms with van der Waals surface area (Å²) in [4.78, 5) is 0. The highest BCUT2D eigenvalue weighted by atomic mass is 16.0. The maximum atomic E-state index is 2.41. The third kappa shape index (κ3) is 3.91. The van der Waals surface area contributed by atoms with Crippen LogP contribution in [0.15, 0.2) is 0 Å². The van der Waals surface area contributed by atoms with E-state index in [1.54, 1.807) is 0 Å². The summed E-state index contributed by atoms with van der Waals surface area (Å²) in [5.41, 5.74) is 0.670. The lowest BCUT2D eigenvalue weighted by Crippen LogP contribution is -2.61. The van der Waals surface area contributed by atoms with Crippen LogP contribution in [0.4, 0.5) is 0 Å². The third-order valence-electron chi connectivity index (χ3n) is 4.47. The zero-order chi connectivity index (χ0) is 11.2. The van der Waals surface area contributed by atoms with E-state index in [0.717, 1.165) is 0 Å². The van der Waals surface area contributed by atoms with Crippen LogP contribution in [0.5, 0.6) is 0 Å². The van der Waals surface area contributed by atoms with Gasteiger partial charge in [0.15, 0.2) is 0 Å². The quantitative estimate of drug-likeness (QED) is 0.606. The number of hydrogen-bond acceptors (Lipinski definition) is 2. The molecular weight excluding hydrogens is 216 g/mol. The Labute approximate surface area is 106 Å². The van der Waals surface area contributed by atoms with Gasteiger partial charge in [-0.2, -0.15) is 0 Å². The first-order valence-electron chi connectivity index (χ1n) is 6.47. The zero-order valence-corrected chi connectivity index (χ0v) is 11.9. The van der Waals surface area contributed by atoms with Crippen molar-refractivity contribution < 1.29 is 19.9 Å². The van der Waals surface area contributed by atoms with E-state index in [1.807, 2.05) is 0 Å². The molecule has 0 unspecified atom stereocenters. The van der Waals surface area contributed by atoms with E-state index >= 15 is 0 Å². The molecule has 17 heavy (non-hydrogen) atoms. The number of quaternary nitrogens is 2. The molecule has 0 aliphatic carbocycles. The normalized spacial score (nSPS) is 28.9. The molecule has 4 nitrogen and oxygen atoms in total. The topological polar surface area (TPSA) is 60.0 Å². The molecule has 2 N–H and O–H groups in total. The first-order chi connectivity index (χ1) is 6.83. The fourth-order valence-electron chi connectivity index (χ4n) is 4.23. The van der Waals surface area contributed by atoms with Crippen molar-refractivity contribution >= 4 is 0 Å². The Hall–Kier alpha value is -0.160. The summed E-state index contributed by atoms with van der Waals surface area (Å²) in [6.45, 7) is 5.59. The summed E-state index contributed by atoms with van der Waals surface area (Å²) in [5, 5.41) is 0. The first kappa shape index (κ1) is 16.8. The van der Waals surface area contributed by atoms with Gasteiger partial charge in [-0.3, -0.25) is 0 Å².